The first kappa shape index (κ1) is 21.3. The monoisotopic (exact) mass is 384 g/mol. The Bertz CT molecular complexity index is 812. The van der Waals surface area contributed by atoms with E-state index in [1.54, 1.807) is 45.0 Å². The van der Waals surface area contributed by atoms with Crippen LogP contribution in [0.15, 0.2) is 48.5 Å². The summed E-state index contributed by atoms with van der Waals surface area (Å²) in [5.41, 5.74) is 1.53. The molecule has 0 spiro atoms. The summed E-state index contributed by atoms with van der Waals surface area (Å²) in [6, 6.07) is 14.6. The summed E-state index contributed by atoms with van der Waals surface area (Å²) in [6.45, 7) is 8.40. The molecule has 150 valence electrons. The molecule has 2 aromatic rings. The number of carbonyl (C=O) groups is 2. The van der Waals surface area contributed by atoms with E-state index in [1.807, 2.05) is 31.2 Å². The molecule has 0 unspecified atom stereocenters. The topological polar surface area (TPSA) is 76.7 Å². The van der Waals surface area contributed by atoms with Crippen molar-refractivity contribution in [1.82, 2.24) is 5.32 Å². The van der Waals surface area contributed by atoms with E-state index in [0.717, 1.165) is 11.3 Å². The van der Waals surface area contributed by atoms with Gasteiger partial charge in [-0.2, -0.15) is 0 Å². The van der Waals surface area contributed by atoms with Crippen molar-refractivity contribution in [1.29, 1.82) is 0 Å². The van der Waals surface area contributed by atoms with E-state index in [0.29, 0.717) is 30.8 Å². The summed E-state index contributed by atoms with van der Waals surface area (Å²) in [7, 11) is 0. The Kier molecular flexibility index (Phi) is 7.44. The average molecular weight is 384 g/mol. The van der Waals surface area contributed by atoms with Gasteiger partial charge in [0.15, 0.2) is 0 Å². The van der Waals surface area contributed by atoms with E-state index in [9.17, 15) is 9.59 Å². The summed E-state index contributed by atoms with van der Waals surface area (Å²) in [5.74, 6) is 0.621. The van der Waals surface area contributed by atoms with Crippen molar-refractivity contribution in [2.24, 2.45) is 0 Å². The molecule has 0 atom stereocenters. The normalized spacial score (nSPS) is 10.9. The van der Waals surface area contributed by atoms with E-state index < -0.39 is 11.7 Å². The minimum atomic E-state index is -0.584. The van der Waals surface area contributed by atoms with Crippen molar-refractivity contribution in [2.45, 2.75) is 39.7 Å². The molecule has 0 saturated carbocycles. The van der Waals surface area contributed by atoms with Gasteiger partial charge in [-0.25, -0.2) is 4.79 Å². The van der Waals surface area contributed by atoms with Gasteiger partial charge < -0.3 is 14.8 Å². The van der Waals surface area contributed by atoms with Crippen LogP contribution in [-0.4, -0.2) is 30.8 Å². The first-order chi connectivity index (χ1) is 13.2. The first-order valence-electron chi connectivity index (χ1n) is 9.31. The highest BCUT2D eigenvalue weighted by Gasteiger charge is 2.16. The van der Waals surface area contributed by atoms with E-state index in [4.69, 9.17) is 9.47 Å². The van der Waals surface area contributed by atoms with Crippen LogP contribution in [0.5, 0.6) is 5.75 Å². The maximum Gasteiger partial charge on any atom is 0.412 e. The number of anilines is 1. The lowest BCUT2D eigenvalue weighted by Gasteiger charge is -2.19. The molecule has 0 aromatic heterocycles. The van der Waals surface area contributed by atoms with Gasteiger partial charge in [0.05, 0.1) is 6.61 Å². The molecule has 6 heteroatoms. The fourth-order valence-electron chi connectivity index (χ4n) is 2.43. The van der Waals surface area contributed by atoms with Gasteiger partial charge in [-0.3, -0.25) is 10.1 Å². The molecule has 2 aromatic carbocycles. The predicted molar refractivity (Wildman–Crippen MR) is 110 cm³/mol. The summed E-state index contributed by atoms with van der Waals surface area (Å²) >= 11 is 0. The number of hydrogen-bond acceptors (Lipinski definition) is 4. The second-order valence-corrected chi connectivity index (χ2v) is 7.48. The largest absolute Gasteiger partial charge is 0.494 e. The van der Waals surface area contributed by atoms with Gasteiger partial charge in [-0.05, 0) is 70.0 Å². The summed E-state index contributed by atoms with van der Waals surface area (Å²) in [5, 5.41) is 5.48. The second kappa shape index (κ2) is 9.78. The lowest BCUT2D eigenvalue weighted by molar-refractivity contribution is 0.0635. The van der Waals surface area contributed by atoms with Crippen molar-refractivity contribution in [3.05, 3.63) is 59.7 Å². The number of hydrogen-bond donors (Lipinski definition) is 2. The number of aryl methyl sites for hydroxylation is 1. The molecule has 6 nitrogen and oxygen atoms in total. The van der Waals surface area contributed by atoms with E-state index >= 15 is 0 Å². The molecular formula is C22H28N2O4. The minimum Gasteiger partial charge on any atom is -0.494 e. The molecule has 0 radical (unpaired) electrons. The van der Waals surface area contributed by atoms with Crippen LogP contribution >= 0.6 is 0 Å². The highest BCUT2D eigenvalue weighted by molar-refractivity contribution is 5.96. The third-order valence-electron chi connectivity index (χ3n) is 3.63. The first-order valence-corrected chi connectivity index (χ1v) is 9.31. The Balaban J connectivity index is 1.77. The summed E-state index contributed by atoms with van der Waals surface area (Å²) in [6.07, 6.45) is 0.133. The van der Waals surface area contributed by atoms with Crippen LogP contribution in [0.1, 0.15) is 43.1 Å². The molecule has 28 heavy (non-hydrogen) atoms. The highest BCUT2D eigenvalue weighted by Crippen LogP contribution is 2.14. The minimum absolute atomic E-state index is 0.205. The van der Waals surface area contributed by atoms with Gasteiger partial charge in [-0.15, -0.1) is 0 Å². The molecular weight excluding hydrogens is 356 g/mol. The number of nitrogens with one attached hydrogen (secondary N) is 2. The summed E-state index contributed by atoms with van der Waals surface area (Å²) < 4.78 is 10.9. The van der Waals surface area contributed by atoms with Crippen LogP contribution in [0.4, 0.5) is 10.5 Å². The molecule has 0 fully saturated rings. The molecule has 0 saturated heterocycles. The Hall–Kier alpha value is -3.02. The van der Waals surface area contributed by atoms with E-state index in [2.05, 4.69) is 10.6 Å². The lowest BCUT2D eigenvalue weighted by atomic mass is 10.2. The number of rotatable bonds is 7. The standard InChI is InChI=1S/C22H28N2O4/c1-16-8-5-11-19(14-16)27-13-7-12-23-20(25)17-9-6-10-18(15-17)24-21(26)28-22(2,3)4/h5-6,8-11,14-15H,7,12-13H2,1-4H3,(H,23,25)(H,24,26). The Morgan fingerprint density at radius 2 is 1.79 bits per heavy atom. The van der Waals surface area contributed by atoms with E-state index in [-0.39, 0.29) is 5.91 Å². The van der Waals surface area contributed by atoms with Crippen LogP contribution in [0.3, 0.4) is 0 Å². The molecule has 0 aliphatic rings. The third-order valence-corrected chi connectivity index (χ3v) is 3.63. The van der Waals surface area contributed by atoms with Gasteiger partial charge in [0.1, 0.15) is 11.4 Å². The third kappa shape index (κ3) is 7.70. The molecule has 2 amide bonds. The highest BCUT2D eigenvalue weighted by atomic mass is 16.6. The number of ether oxygens (including phenoxy) is 2. The van der Waals surface area contributed by atoms with Crippen LogP contribution in [0, 0.1) is 6.92 Å². The number of benzene rings is 2. The van der Waals surface area contributed by atoms with Gasteiger partial charge >= 0.3 is 6.09 Å². The lowest BCUT2D eigenvalue weighted by Crippen LogP contribution is -2.28. The second-order valence-electron chi connectivity index (χ2n) is 7.48. The maximum absolute atomic E-state index is 12.3. The zero-order chi connectivity index (χ0) is 20.6. The SMILES string of the molecule is Cc1cccc(OCCCNC(=O)c2cccc(NC(=O)OC(C)(C)C)c2)c1. The smallest absolute Gasteiger partial charge is 0.412 e. The van der Waals surface area contributed by atoms with Crippen LogP contribution in [0.25, 0.3) is 0 Å². The zero-order valence-electron chi connectivity index (χ0n) is 16.9. The Morgan fingerprint density at radius 3 is 2.50 bits per heavy atom. The zero-order valence-corrected chi connectivity index (χ0v) is 16.9. The summed E-state index contributed by atoms with van der Waals surface area (Å²) in [4.78, 5) is 24.1. The van der Waals surface area contributed by atoms with Crippen molar-refractivity contribution in [3.8, 4) is 5.75 Å². The van der Waals surface area contributed by atoms with Gasteiger partial charge in [0.2, 0.25) is 0 Å². The van der Waals surface area contributed by atoms with Crippen LogP contribution in [0.2, 0.25) is 0 Å². The van der Waals surface area contributed by atoms with Gasteiger partial charge in [0, 0.05) is 17.8 Å². The van der Waals surface area contributed by atoms with Crippen molar-refractivity contribution < 1.29 is 19.1 Å². The van der Waals surface area contributed by atoms with Crippen molar-refractivity contribution in [2.75, 3.05) is 18.5 Å². The fourth-order valence-corrected chi connectivity index (χ4v) is 2.43. The predicted octanol–water partition coefficient (Wildman–Crippen LogP) is 4.54. The van der Waals surface area contributed by atoms with E-state index in [1.165, 1.54) is 0 Å². The number of carbonyl (C=O) groups excluding carboxylic acids is 2. The van der Waals surface area contributed by atoms with Crippen LogP contribution < -0.4 is 15.4 Å². The number of amides is 2. The Labute approximate surface area is 166 Å². The average Bonchev–Trinajstić information content (AvgIpc) is 2.60. The molecule has 0 aliphatic heterocycles. The molecule has 2 N–H and O–H groups in total. The molecule has 2 rings (SSSR count). The molecule has 0 aliphatic carbocycles. The van der Waals surface area contributed by atoms with Gasteiger partial charge in [-0.1, -0.05) is 18.2 Å². The molecule has 0 bridgehead atoms. The maximum atomic E-state index is 12.3. The van der Waals surface area contributed by atoms with Crippen molar-refractivity contribution >= 4 is 17.7 Å². The fraction of sp³-hybridized carbons (Fsp3) is 0.364. The quantitative estimate of drug-likeness (QED) is 0.687. The Morgan fingerprint density at radius 1 is 1.04 bits per heavy atom. The van der Waals surface area contributed by atoms with Crippen molar-refractivity contribution in [3.63, 3.8) is 0 Å². The van der Waals surface area contributed by atoms with Crippen LogP contribution in [-0.2, 0) is 4.74 Å². The van der Waals surface area contributed by atoms with Gasteiger partial charge in [0.25, 0.3) is 5.91 Å². The molecule has 0 heterocycles.